The Kier molecular flexibility index (Phi) is 10.6. The Balaban J connectivity index is 1.61. The highest BCUT2D eigenvalue weighted by Gasteiger charge is 2.16. The van der Waals surface area contributed by atoms with Gasteiger partial charge in [-0.3, -0.25) is 4.90 Å². The molecule has 0 aliphatic carbocycles. The quantitative estimate of drug-likeness (QED) is 0.170. The van der Waals surface area contributed by atoms with Crippen LogP contribution < -0.4 is 24.8 Å². The molecule has 0 radical (unpaired) electrons. The lowest BCUT2D eigenvalue weighted by molar-refractivity contribution is 0.295. The summed E-state index contributed by atoms with van der Waals surface area (Å²) in [6.45, 7) is 11.4. The Hall–Kier alpha value is -4.05. The van der Waals surface area contributed by atoms with Gasteiger partial charge in [0.1, 0.15) is 22.8 Å². The van der Waals surface area contributed by atoms with E-state index in [-0.39, 0.29) is 0 Å². The van der Waals surface area contributed by atoms with E-state index in [0.29, 0.717) is 24.7 Å². The molecule has 0 aliphatic heterocycles. The third kappa shape index (κ3) is 7.38. The maximum absolute atomic E-state index is 5.80. The minimum Gasteiger partial charge on any atom is -0.497 e. The number of unbranched alkanes of at least 4 members (excludes halogenated alkanes) is 1. The zero-order valence-electron chi connectivity index (χ0n) is 25.2. The van der Waals surface area contributed by atoms with Crippen LogP contribution in [0.3, 0.4) is 0 Å². The topological polar surface area (TPSA) is 98.6 Å². The monoisotopic (exact) mass is 561 g/mol. The molecule has 0 atom stereocenters. The lowest BCUT2D eigenvalue weighted by Crippen LogP contribution is -2.22. The van der Waals surface area contributed by atoms with E-state index < -0.39 is 0 Å². The van der Waals surface area contributed by atoms with Gasteiger partial charge in [0, 0.05) is 36.8 Å². The molecule has 10 nitrogen and oxygen atoms in total. The van der Waals surface area contributed by atoms with Gasteiger partial charge in [0.15, 0.2) is 11.5 Å². The van der Waals surface area contributed by atoms with Crippen LogP contribution in [-0.4, -0.2) is 65.4 Å². The highest BCUT2D eigenvalue weighted by atomic mass is 16.5. The first-order valence-corrected chi connectivity index (χ1v) is 14.3. The van der Waals surface area contributed by atoms with Gasteiger partial charge in [-0.1, -0.05) is 39.3 Å². The van der Waals surface area contributed by atoms with Crippen LogP contribution in [0.4, 0.5) is 11.8 Å². The summed E-state index contributed by atoms with van der Waals surface area (Å²) in [4.78, 5) is 16.6. The largest absolute Gasteiger partial charge is 0.497 e. The van der Waals surface area contributed by atoms with Crippen LogP contribution in [0.1, 0.15) is 50.3 Å². The smallest absolute Gasteiger partial charge is 0.227 e. The SMILES string of the molecule is CCCCNc1nc(NCc2ccc(OC)cc2OC)nc2ncn(Cc3ccc(CN(CC)CC)cc3OC)c12. The zero-order chi connectivity index (χ0) is 29.2. The number of methoxy groups -OCH3 is 3. The molecule has 0 amide bonds. The molecule has 0 saturated carbocycles. The number of anilines is 2. The molecular weight excluding hydrogens is 518 g/mol. The molecule has 0 spiro atoms. The molecule has 41 heavy (non-hydrogen) atoms. The zero-order valence-corrected chi connectivity index (χ0v) is 25.2. The van der Waals surface area contributed by atoms with Gasteiger partial charge in [0.05, 0.1) is 34.2 Å². The first kappa shape index (κ1) is 29.9. The standard InChI is InChI=1S/C31H43N7O3/c1-7-10-15-32-29-28-30(36-31(35-29)33-18-23-13-14-25(39-4)17-27(23)41-6)34-21-38(28)20-24-12-11-22(16-26(24)40-5)19-37(8-2)9-3/h11-14,16-17,21H,7-10,15,18-20H2,1-6H3,(H2,32,33,35,36). The van der Waals surface area contributed by atoms with E-state index in [4.69, 9.17) is 24.2 Å². The Morgan fingerprint density at radius 1 is 0.854 bits per heavy atom. The highest BCUT2D eigenvalue weighted by Crippen LogP contribution is 2.28. The predicted octanol–water partition coefficient (Wildman–Crippen LogP) is 5.57. The number of rotatable bonds is 16. The average molecular weight is 562 g/mol. The minimum absolute atomic E-state index is 0.491. The van der Waals surface area contributed by atoms with Crippen LogP contribution in [-0.2, 0) is 19.6 Å². The molecule has 0 aliphatic rings. The lowest BCUT2D eigenvalue weighted by Gasteiger charge is -2.19. The second kappa shape index (κ2) is 14.5. The summed E-state index contributed by atoms with van der Waals surface area (Å²) in [6, 6.07) is 12.2. The van der Waals surface area contributed by atoms with Crippen LogP contribution in [0, 0.1) is 0 Å². The molecule has 4 rings (SSSR count). The molecular formula is C31H43N7O3. The fourth-order valence-electron chi connectivity index (χ4n) is 4.76. The summed E-state index contributed by atoms with van der Waals surface area (Å²) in [5.41, 5.74) is 4.77. The minimum atomic E-state index is 0.491. The van der Waals surface area contributed by atoms with E-state index in [2.05, 4.69) is 64.1 Å². The summed E-state index contributed by atoms with van der Waals surface area (Å²) in [5.74, 6) is 3.59. The van der Waals surface area contributed by atoms with E-state index in [0.717, 1.165) is 78.7 Å². The number of aromatic nitrogens is 4. The van der Waals surface area contributed by atoms with Gasteiger partial charge in [0.25, 0.3) is 0 Å². The van der Waals surface area contributed by atoms with Crippen molar-refractivity contribution in [3.05, 3.63) is 59.4 Å². The van der Waals surface area contributed by atoms with Gasteiger partial charge in [-0.2, -0.15) is 9.97 Å². The molecule has 10 heteroatoms. The van der Waals surface area contributed by atoms with Crippen molar-refractivity contribution in [3.8, 4) is 17.2 Å². The molecule has 220 valence electrons. The van der Waals surface area contributed by atoms with Gasteiger partial charge in [0.2, 0.25) is 5.95 Å². The Morgan fingerprint density at radius 2 is 1.61 bits per heavy atom. The van der Waals surface area contributed by atoms with Crippen molar-refractivity contribution >= 4 is 22.9 Å². The number of nitrogens with one attached hydrogen (secondary N) is 2. The van der Waals surface area contributed by atoms with E-state index in [1.807, 2.05) is 24.5 Å². The second-order valence-electron chi connectivity index (χ2n) is 9.86. The Bertz CT molecular complexity index is 1420. The number of hydrogen-bond acceptors (Lipinski definition) is 9. The van der Waals surface area contributed by atoms with Crippen molar-refractivity contribution in [2.24, 2.45) is 0 Å². The first-order valence-electron chi connectivity index (χ1n) is 14.3. The lowest BCUT2D eigenvalue weighted by atomic mass is 10.1. The number of imidazole rings is 1. The van der Waals surface area contributed by atoms with Crippen LogP contribution in [0.25, 0.3) is 11.2 Å². The molecule has 0 bridgehead atoms. The number of benzene rings is 2. The average Bonchev–Trinajstić information content (AvgIpc) is 3.41. The molecule has 2 aromatic carbocycles. The van der Waals surface area contributed by atoms with Gasteiger partial charge in [-0.05, 0) is 43.3 Å². The van der Waals surface area contributed by atoms with Crippen LogP contribution in [0.15, 0.2) is 42.7 Å². The summed E-state index contributed by atoms with van der Waals surface area (Å²) >= 11 is 0. The summed E-state index contributed by atoms with van der Waals surface area (Å²) in [5, 5.41) is 6.87. The summed E-state index contributed by atoms with van der Waals surface area (Å²) in [6.07, 6.45) is 3.94. The predicted molar refractivity (Wildman–Crippen MR) is 164 cm³/mol. The molecule has 2 aromatic heterocycles. The summed E-state index contributed by atoms with van der Waals surface area (Å²) < 4.78 is 18.8. The highest BCUT2D eigenvalue weighted by molar-refractivity contribution is 5.84. The van der Waals surface area contributed by atoms with Crippen LogP contribution >= 0.6 is 0 Å². The second-order valence-corrected chi connectivity index (χ2v) is 9.86. The molecule has 2 heterocycles. The van der Waals surface area contributed by atoms with Crippen LogP contribution in [0.5, 0.6) is 17.2 Å². The van der Waals surface area contributed by atoms with E-state index in [9.17, 15) is 0 Å². The van der Waals surface area contributed by atoms with Gasteiger partial charge >= 0.3 is 0 Å². The number of nitrogens with zero attached hydrogens (tertiary/aromatic N) is 5. The summed E-state index contributed by atoms with van der Waals surface area (Å²) in [7, 11) is 5.01. The van der Waals surface area contributed by atoms with E-state index in [1.54, 1.807) is 21.3 Å². The molecule has 4 aromatic rings. The van der Waals surface area contributed by atoms with Gasteiger partial charge in [-0.25, -0.2) is 4.98 Å². The molecule has 2 N–H and O–H groups in total. The third-order valence-electron chi connectivity index (χ3n) is 7.22. The Labute approximate surface area is 243 Å². The number of hydrogen-bond donors (Lipinski definition) is 2. The molecule has 0 fully saturated rings. The van der Waals surface area contributed by atoms with Gasteiger partial charge < -0.3 is 29.4 Å². The Morgan fingerprint density at radius 3 is 2.32 bits per heavy atom. The normalized spacial score (nSPS) is 11.2. The third-order valence-corrected chi connectivity index (χ3v) is 7.22. The fraction of sp³-hybridized carbons (Fsp3) is 0.452. The van der Waals surface area contributed by atoms with E-state index in [1.165, 1.54) is 5.56 Å². The van der Waals surface area contributed by atoms with Crippen molar-refractivity contribution in [1.29, 1.82) is 0 Å². The van der Waals surface area contributed by atoms with E-state index >= 15 is 0 Å². The van der Waals surface area contributed by atoms with Gasteiger partial charge in [-0.15, -0.1) is 0 Å². The number of ether oxygens (including phenoxy) is 3. The van der Waals surface area contributed by atoms with Crippen molar-refractivity contribution < 1.29 is 14.2 Å². The molecule has 0 saturated heterocycles. The van der Waals surface area contributed by atoms with Crippen LogP contribution in [0.2, 0.25) is 0 Å². The maximum atomic E-state index is 5.80. The molecule has 0 unspecified atom stereocenters. The first-order chi connectivity index (χ1) is 20.0. The van der Waals surface area contributed by atoms with Crippen molar-refractivity contribution in [1.82, 2.24) is 24.4 Å². The van der Waals surface area contributed by atoms with Crippen molar-refractivity contribution in [2.45, 2.75) is 53.2 Å². The fourth-order valence-corrected chi connectivity index (χ4v) is 4.76. The maximum Gasteiger partial charge on any atom is 0.227 e. The number of fused-ring (bicyclic) bond motifs is 1. The van der Waals surface area contributed by atoms with Crippen molar-refractivity contribution in [3.63, 3.8) is 0 Å². The van der Waals surface area contributed by atoms with Crippen molar-refractivity contribution in [2.75, 3.05) is 51.6 Å².